The van der Waals surface area contributed by atoms with E-state index in [9.17, 15) is 13.6 Å². The molecular weight excluding hydrogens is 278 g/mol. The molecule has 0 atom stereocenters. The van der Waals surface area contributed by atoms with Crippen molar-refractivity contribution >= 4 is 17.3 Å². The van der Waals surface area contributed by atoms with E-state index in [0.717, 1.165) is 12.1 Å². The minimum Gasteiger partial charge on any atom is -0.387 e. The molecule has 0 spiro atoms. The van der Waals surface area contributed by atoms with E-state index in [-0.39, 0.29) is 0 Å². The zero-order valence-corrected chi connectivity index (χ0v) is 11.1. The van der Waals surface area contributed by atoms with Crippen molar-refractivity contribution in [2.45, 2.75) is 6.54 Å². The highest BCUT2D eigenvalue weighted by atomic mass is 19.2. The summed E-state index contributed by atoms with van der Waals surface area (Å²) in [5, 5.41) is 14.2. The van der Waals surface area contributed by atoms with Gasteiger partial charge in [0.15, 0.2) is 11.6 Å². The predicted octanol–water partition coefficient (Wildman–Crippen LogP) is 2.51. The van der Waals surface area contributed by atoms with E-state index in [1.165, 1.54) is 6.07 Å². The Bertz CT molecular complexity index is 647. The average Bonchev–Trinajstić information content (AvgIpc) is 2.49. The van der Waals surface area contributed by atoms with Crippen LogP contribution in [-0.4, -0.2) is 17.6 Å². The number of hydrogen-bond donors (Lipinski definition) is 3. The third-order valence-corrected chi connectivity index (χ3v) is 2.77. The highest BCUT2D eigenvalue weighted by molar-refractivity contribution is 5.91. The maximum atomic E-state index is 13.1. The molecule has 0 radical (unpaired) electrons. The van der Waals surface area contributed by atoms with E-state index in [1.807, 2.05) is 0 Å². The van der Waals surface area contributed by atoms with Gasteiger partial charge < -0.3 is 15.7 Å². The van der Waals surface area contributed by atoms with E-state index in [1.54, 1.807) is 24.3 Å². The van der Waals surface area contributed by atoms with E-state index in [2.05, 4.69) is 10.6 Å². The number of carbonyl (C=O) groups is 1. The molecule has 0 saturated heterocycles. The van der Waals surface area contributed by atoms with Gasteiger partial charge in [-0.3, -0.25) is 4.79 Å². The second-order valence-corrected chi connectivity index (χ2v) is 4.39. The molecule has 2 aromatic rings. The van der Waals surface area contributed by atoms with E-state index in [4.69, 9.17) is 5.11 Å². The van der Waals surface area contributed by atoms with Crippen LogP contribution < -0.4 is 10.6 Å². The van der Waals surface area contributed by atoms with Crippen molar-refractivity contribution in [1.29, 1.82) is 0 Å². The van der Waals surface area contributed by atoms with Crippen LogP contribution in [0.1, 0.15) is 5.56 Å². The Kier molecular flexibility index (Phi) is 4.84. The fourth-order valence-electron chi connectivity index (χ4n) is 1.76. The Balaban J connectivity index is 2.01. The van der Waals surface area contributed by atoms with Gasteiger partial charge in [-0.15, -0.1) is 0 Å². The van der Waals surface area contributed by atoms with Gasteiger partial charge in [-0.2, -0.15) is 0 Å². The van der Waals surface area contributed by atoms with Crippen LogP contribution in [0, 0.1) is 11.6 Å². The summed E-state index contributed by atoms with van der Waals surface area (Å²) in [6, 6.07) is 10.5. The van der Waals surface area contributed by atoms with Gasteiger partial charge in [0, 0.05) is 17.9 Å². The summed E-state index contributed by atoms with van der Waals surface area (Å²) >= 11 is 0. The molecular formula is C15H14F2N2O2. The summed E-state index contributed by atoms with van der Waals surface area (Å²) in [7, 11) is 0. The quantitative estimate of drug-likeness (QED) is 0.793. The van der Waals surface area contributed by atoms with Crippen LogP contribution in [0.2, 0.25) is 0 Å². The van der Waals surface area contributed by atoms with Crippen molar-refractivity contribution in [3.8, 4) is 0 Å². The Morgan fingerprint density at radius 2 is 1.81 bits per heavy atom. The second kappa shape index (κ2) is 6.81. The van der Waals surface area contributed by atoms with E-state index in [0.29, 0.717) is 23.5 Å². The molecule has 21 heavy (non-hydrogen) atoms. The van der Waals surface area contributed by atoms with Crippen LogP contribution in [0.3, 0.4) is 0 Å². The summed E-state index contributed by atoms with van der Waals surface area (Å²) in [6.07, 6.45) is 0. The van der Waals surface area contributed by atoms with Gasteiger partial charge >= 0.3 is 0 Å². The van der Waals surface area contributed by atoms with Crippen LogP contribution in [-0.2, 0) is 11.3 Å². The smallest absolute Gasteiger partial charge is 0.250 e. The lowest BCUT2D eigenvalue weighted by atomic mass is 10.2. The zero-order chi connectivity index (χ0) is 15.2. The molecule has 0 aliphatic carbocycles. The van der Waals surface area contributed by atoms with Crippen molar-refractivity contribution < 1.29 is 18.7 Å². The molecule has 6 heteroatoms. The van der Waals surface area contributed by atoms with Crippen molar-refractivity contribution in [1.82, 2.24) is 0 Å². The maximum absolute atomic E-state index is 13.1. The standard InChI is InChI=1S/C15H14F2N2O2/c16-13-5-4-10(6-14(13)17)8-18-11-2-1-3-12(7-11)19-15(21)9-20/h1-7,18,20H,8-9H2,(H,19,21). The Labute approximate surface area is 120 Å². The Morgan fingerprint density at radius 1 is 1.05 bits per heavy atom. The molecule has 2 aromatic carbocycles. The minimum absolute atomic E-state index is 0.314. The van der Waals surface area contributed by atoms with Crippen LogP contribution >= 0.6 is 0 Å². The number of amides is 1. The number of rotatable bonds is 5. The molecule has 0 saturated carbocycles. The lowest BCUT2D eigenvalue weighted by Crippen LogP contribution is -2.15. The summed E-state index contributed by atoms with van der Waals surface area (Å²) in [6.45, 7) is -0.277. The van der Waals surface area contributed by atoms with Crippen molar-refractivity contribution in [3.63, 3.8) is 0 Å². The van der Waals surface area contributed by atoms with Gasteiger partial charge in [-0.1, -0.05) is 12.1 Å². The number of carbonyl (C=O) groups excluding carboxylic acids is 1. The molecule has 3 N–H and O–H groups in total. The molecule has 110 valence electrons. The second-order valence-electron chi connectivity index (χ2n) is 4.39. The molecule has 0 fully saturated rings. The Hall–Kier alpha value is -2.47. The van der Waals surface area contributed by atoms with Gasteiger partial charge in [-0.05, 0) is 35.9 Å². The van der Waals surface area contributed by atoms with Gasteiger partial charge in [0.05, 0.1) is 0 Å². The molecule has 0 bridgehead atoms. The lowest BCUT2D eigenvalue weighted by Gasteiger charge is -2.09. The Morgan fingerprint density at radius 3 is 2.52 bits per heavy atom. The van der Waals surface area contributed by atoms with E-state index >= 15 is 0 Å². The van der Waals surface area contributed by atoms with Crippen molar-refractivity contribution in [3.05, 3.63) is 59.7 Å². The normalized spacial score (nSPS) is 10.2. The highest BCUT2D eigenvalue weighted by Gasteiger charge is 2.03. The third kappa shape index (κ3) is 4.25. The number of nitrogens with one attached hydrogen (secondary N) is 2. The summed E-state index contributed by atoms with van der Waals surface area (Å²) < 4.78 is 25.9. The van der Waals surface area contributed by atoms with Gasteiger partial charge in [-0.25, -0.2) is 8.78 Å². The molecule has 1 amide bonds. The molecule has 2 rings (SSSR count). The summed E-state index contributed by atoms with van der Waals surface area (Å²) in [4.78, 5) is 11.1. The first-order valence-corrected chi connectivity index (χ1v) is 6.27. The predicted molar refractivity (Wildman–Crippen MR) is 75.8 cm³/mol. The molecule has 0 aliphatic rings. The highest BCUT2D eigenvalue weighted by Crippen LogP contribution is 2.16. The molecule has 0 heterocycles. The van der Waals surface area contributed by atoms with Gasteiger partial charge in [0.1, 0.15) is 6.61 Å². The molecule has 0 unspecified atom stereocenters. The van der Waals surface area contributed by atoms with E-state index < -0.39 is 24.1 Å². The fraction of sp³-hybridized carbons (Fsp3) is 0.133. The number of halogens is 2. The average molecular weight is 292 g/mol. The van der Waals surface area contributed by atoms with Crippen LogP contribution in [0.15, 0.2) is 42.5 Å². The number of aliphatic hydroxyl groups excluding tert-OH is 1. The number of benzene rings is 2. The third-order valence-electron chi connectivity index (χ3n) is 2.77. The number of anilines is 2. The molecule has 0 aromatic heterocycles. The molecule has 0 aliphatic heterocycles. The van der Waals surface area contributed by atoms with Crippen molar-refractivity contribution in [2.24, 2.45) is 0 Å². The van der Waals surface area contributed by atoms with Crippen molar-refractivity contribution in [2.75, 3.05) is 17.2 Å². The van der Waals surface area contributed by atoms with Gasteiger partial charge in [0.2, 0.25) is 5.91 Å². The first-order valence-electron chi connectivity index (χ1n) is 6.27. The summed E-state index contributed by atoms with van der Waals surface area (Å²) in [5.74, 6) is -2.28. The first kappa shape index (κ1) is 14.9. The van der Waals surface area contributed by atoms with Crippen LogP contribution in [0.4, 0.5) is 20.2 Å². The number of aliphatic hydroxyl groups is 1. The minimum atomic E-state index is -0.891. The summed E-state index contributed by atoms with van der Waals surface area (Å²) in [5.41, 5.74) is 1.83. The van der Waals surface area contributed by atoms with Gasteiger partial charge in [0.25, 0.3) is 0 Å². The van der Waals surface area contributed by atoms with Crippen LogP contribution in [0.25, 0.3) is 0 Å². The monoisotopic (exact) mass is 292 g/mol. The number of hydrogen-bond acceptors (Lipinski definition) is 3. The fourth-order valence-corrected chi connectivity index (χ4v) is 1.76. The maximum Gasteiger partial charge on any atom is 0.250 e. The largest absolute Gasteiger partial charge is 0.387 e. The lowest BCUT2D eigenvalue weighted by molar-refractivity contribution is -0.118. The SMILES string of the molecule is O=C(CO)Nc1cccc(NCc2ccc(F)c(F)c2)c1. The van der Waals surface area contributed by atoms with Crippen LogP contribution in [0.5, 0.6) is 0 Å². The first-order chi connectivity index (χ1) is 10.1. The topological polar surface area (TPSA) is 61.4 Å². The zero-order valence-electron chi connectivity index (χ0n) is 11.1. The molecule has 4 nitrogen and oxygen atoms in total.